The van der Waals surface area contributed by atoms with Crippen LogP contribution in [0.1, 0.15) is 37.7 Å². The Labute approximate surface area is 177 Å². The number of quaternary nitrogens is 1. The van der Waals surface area contributed by atoms with E-state index in [2.05, 4.69) is 12.1 Å². The highest BCUT2D eigenvalue weighted by Gasteiger charge is 2.47. The van der Waals surface area contributed by atoms with Crippen LogP contribution < -0.4 is 9.64 Å². The molecule has 2 heterocycles. The summed E-state index contributed by atoms with van der Waals surface area (Å²) in [5.74, 6) is 0.544. The van der Waals surface area contributed by atoms with Gasteiger partial charge in [0.25, 0.3) is 0 Å². The molecular weight excluding hydrogens is 382 g/mol. The molecule has 162 valence electrons. The van der Waals surface area contributed by atoms with Gasteiger partial charge in [0, 0.05) is 18.5 Å². The molecule has 0 unspecified atom stereocenters. The Morgan fingerprint density at radius 1 is 1.03 bits per heavy atom. The summed E-state index contributed by atoms with van der Waals surface area (Å²) in [7, 11) is 1.67. The van der Waals surface area contributed by atoms with Gasteiger partial charge in [-0.3, -0.25) is 19.3 Å². The fourth-order valence-electron chi connectivity index (χ4n) is 5.10. The third kappa shape index (κ3) is 4.36. The van der Waals surface area contributed by atoms with E-state index in [1.54, 1.807) is 7.11 Å². The summed E-state index contributed by atoms with van der Waals surface area (Å²) in [6, 6.07) is 8.13. The molecule has 2 aliphatic heterocycles. The quantitative estimate of drug-likeness (QED) is 0.688. The maximum atomic E-state index is 12.7. The van der Waals surface area contributed by atoms with Gasteiger partial charge in [0.15, 0.2) is 0 Å². The van der Waals surface area contributed by atoms with Gasteiger partial charge >= 0.3 is 0 Å². The van der Waals surface area contributed by atoms with Crippen molar-refractivity contribution in [2.45, 2.75) is 38.6 Å². The number of ether oxygens (including phenoxy) is 1. The normalized spacial score (nSPS) is 24.8. The number of piperazine rings is 1. The number of nitrogens with one attached hydrogen (secondary N) is 1. The van der Waals surface area contributed by atoms with Gasteiger partial charge in [-0.2, -0.15) is 0 Å². The molecule has 3 aliphatic rings. The molecular formula is C23H32N3O4+. The number of benzene rings is 1. The number of hydrogen-bond donors (Lipinski definition) is 1. The van der Waals surface area contributed by atoms with Gasteiger partial charge in [0.2, 0.25) is 17.7 Å². The van der Waals surface area contributed by atoms with Crippen molar-refractivity contribution in [3.05, 3.63) is 29.8 Å². The Balaban J connectivity index is 1.22. The van der Waals surface area contributed by atoms with Crippen molar-refractivity contribution < 1.29 is 24.0 Å². The average molecular weight is 415 g/mol. The topological polar surface area (TPSA) is 71.4 Å². The molecule has 1 aromatic carbocycles. The molecule has 3 amide bonds. The van der Waals surface area contributed by atoms with Crippen LogP contribution >= 0.6 is 0 Å². The standard InChI is InChI=1S/C23H31N3O4/c1-30-18-8-6-17(7-9-18)16-24-12-14-25(15-13-24)21(27)10-11-26-22(28)19-4-2-3-5-20(19)23(26)29/h6-9,19-20H,2-5,10-16H2,1H3/p+1/t19-,20-/m0/s1. The van der Waals surface area contributed by atoms with Gasteiger partial charge in [-0.05, 0) is 37.1 Å². The highest BCUT2D eigenvalue weighted by Crippen LogP contribution is 2.37. The summed E-state index contributed by atoms with van der Waals surface area (Å²) in [4.78, 5) is 42.5. The summed E-state index contributed by atoms with van der Waals surface area (Å²) < 4.78 is 5.20. The number of fused-ring (bicyclic) bond motifs is 1. The van der Waals surface area contributed by atoms with Crippen LogP contribution in [0.5, 0.6) is 5.75 Å². The highest BCUT2D eigenvalue weighted by atomic mass is 16.5. The second-order valence-electron chi connectivity index (χ2n) is 8.73. The van der Waals surface area contributed by atoms with E-state index >= 15 is 0 Å². The predicted octanol–water partition coefficient (Wildman–Crippen LogP) is 0.488. The van der Waals surface area contributed by atoms with E-state index < -0.39 is 0 Å². The van der Waals surface area contributed by atoms with Crippen molar-refractivity contribution in [1.82, 2.24) is 9.80 Å². The first-order chi connectivity index (χ1) is 14.6. The smallest absolute Gasteiger partial charge is 0.233 e. The lowest BCUT2D eigenvalue weighted by atomic mass is 9.81. The number of imide groups is 1. The lowest BCUT2D eigenvalue weighted by Gasteiger charge is -2.32. The fraction of sp³-hybridized carbons (Fsp3) is 0.609. The molecule has 1 aromatic rings. The van der Waals surface area contributed by atoms with E-state index in [9.17, 15) is 14.4 Å². The molecule has 4 rings (SSSR count). The van der Waals surface area contributed by atoms with E-state index in [4.69, 9.17) is 4.74 Å². The Morgan fingerprint density at radius 3 is 2.20 bits per heavy atom. The molecule has 2 atom stereocenters. The van der Waals surface area contributed by atoms with E-state index in [0.29, 0.717) is 0 Å². The van der Waals surface area contributed by atoms with E-state index in [1.807, 2.05) is 17.0 Å². The number of likely N-dealkylation sites (tertiary alicyclic amines) is 1. The first kappa shape index (κ1) is 20.8. The number of nitrogens with zero attached hydrogens (tertiary/aromatic N) is 2. The van der Waals surface area contributed by atoms with E-state index in [1.165, 1.54) is 15.4 Å². The molecule has 30 heavy (non-hydrogen) atoms. The maximum Gasteiger partial charge on any atom is 0.233 e. The third-order valence-corrected chi connectivity index (χ3v) is 6.92. The zero-order valence-electron chi connectivity index (χ0n) is 17.8. The molecule has 7 heteroatoms. The highest BCUT2D eigenvalue weighted by molar-refractivity contribution is 6.05. The molecule has 1 aliphatic carbocycles. The van der Waals surface area contributed by atoms with Gasteiger partial charge in [0.05, 0.1) is 45.1 Å². The average Bonchev–Trinajstić information content (AvgIpc) is 3.03. The van der Waals surface area contributed by atoms with E-state index in [0.717, 1.165) is 64.2 Å². The van der Waals surface area contributed by atoms with Gasteiger partial charge < -0.3 is 14.5 Å². The second kappa shape index (κ2) is 9.16. The molecule has 1 N–H and O–H groups in total. The molecule has 1 saturated carbocycles. The summed E-state index contributed by atoms with van der Waals surface area (Å²) in [6.45, 7) is 4.43. The van der Waals surface area contributed by atoms with Crippen LogP contribution in [0.3, 0.4) is 0 Å². The summed E-state index contributed by atoms with van der Waals surface area (Å²) >= 11 is 0. The number of methoxy groups -OCH3 is 1. The predicted molar refractivity (Wildman–Crippen MR) is 111 cm³/mol. The molecule has 0 spiro atoms. The number of carbonyl (C=O) groups excluding carboxylic acids is 3. The van der Waals surface area contributed by atoms with Crippen LogP contribution in [0.25, 0.3) is 0 Å². The number of carbonyl (C=O) groups is 3. The summed E-state index contributed by atoms with van der Waals surface area (Å²) in [5.41, 5.74) is 1.26. The largest absolute Gasteiger partial charge is 0.497 e. The lowest BCUT2D eigenvalue weighted by Crippen LogP contribution is -3.13. The number of amides is 3. The Bertz CT molecular complexity index is 762. The van der Waals surface area contributed by atoms with Crippen molar-refractivity contribution in [2.24, 2.45) is 11.8 Å². The minimum atomic E-state index is -0.133. The lowest BCUT2D eigenvalue weighted by molar-refractivity contribution is -0.917. The minimum Gasteiger partial charge on any atom is -0.497 e. The van der Waals surface area contributed by atoms with Crippen molar-refractivity contribution in [3.8, 4) is 5.75 Å². The van der Waals surface area contributed by atoms with Crippen LogP contribution in [-0.4, -0.2) is 67.4 Å². The SMILES string of the molecule is COc1ccc(C[NH+]2CCN(C(=O)CCN3C(=O)[C@H]4CCCC[C@@H]4C3=O)CC2)cc1. The molecule has 7 nitrogen and oxygen atoms in total. The van der Waals surface area contributed by atoms with Crippen LogP contribution in [0, 0.1) is 11.8 Å². The molecule has 0 bridgehead atoms. The van der Waals surface area contributed by atoms with Crippen molar-refractivity contribution in [1.29, 1.82) is 0 Å². The molecule has 3 fully saturated rings. The van der Waals surface area contributed by atoms with Crippen molar-refractivity contribution in [2.75, 3.05) is 39.8 Å². The van der Waals surface area contributed by atoms with Crippen LogP contribution in [-0.2, 0) is 20.9 Å². The monoisotopic (exact) mass is 414 g/mol. The van der Waals surface area contributed by atoms with Crippen LogP contribution in [0.2, 0.25) is 0 Å². The third-order valence-electron chi connectivity index (χ3n) is 6.92. The summed E-state index contributed by atoms with van der Waals surface area (Å²) in [5, 5.41) is 0. The zero-order chi connectivity index (χ0) is 21.1. The molecule has 2 saturated heterocycles. The number of hydrogen-bond acceptors (Lipinski definition) is 4. The Hall–Kier alpha value is -2.41. The zero-order valence-corrected chi connectivity index (χ0v) is 17.8. The number of rotatable bonds is 6. The van der Waals surface area contributed by atoms with Gasteiger partial charge in [-0.25, -0.2) is 0 Å². The fourth-order valence-corrected chi connectivity index (χ4v) is 5.10. The van der Waals surface area contributed by atoms with Crippen LogP contribution in [0.15, 0.2) is 24.3 Å². The second-order valence-corrected chi connectivity index (χ2v) is 8.73. The molecule has 0 aromatic heterocycles. The van der Waals surface area contributed by atoms with Gasteiger partial charge in [0.1, 0.15) is 12.3 Å². The van der Waals surface area contributed by atoms with E-state index in [-0.39, 0.29) is 42.5 Å². The minimum absolute atomic E-state index is 0.0498. The van der Waals surface area contributed by atoms with Crippen molar-refractivity contribution >= 4 is 17.7 Å². The maximum absolute atomic E-state index is 12.7. The first-order valence-corrected chi connectivity index (χ1v) is 11.2. The van der Waals surface area contributed by atoms with Crippen molar-refractivity contribution in [3.63, 3.8) is 0 Å². The first-order valence-electron chi connectivity index (χ1n) is 11.2. The summed E-state index contributed by atoms with van der Waals surface area (Å²) in [6.07, 6.45) is 3.92. The molecule has 0 radical (unpaired) electrons. The van der Waals surface area contributed by atoms with Gasteiger partial charge in [-0.1, -0.05) is 12.8 Å². The van der Waals surface area contributed by atoms with Gasteiger partial charge in [-0.15, -0.1) is 0 Å². The Kier molecular flexibility index (Phi) is 6.37. The van der Waals surface area contributed by atoms with Crippen LogP contribution in [0.4, 0.5) is 0 Å². The Morgan fingerprint density at radius 2 is 1.63 bits per heavy atom.